The molecule has 1 heterocycles. The highest BCUT2D eigenvalue weighted by atomic mass is 32.2. The summed E-state index contributed by atoms with van der Waals surface area (Å²) in [5, 5.41) is 2.40. The molecular weight excluding hydrogens is 407 g/mol. The molecule has 0 aliphatic carbocycles. The topological polar surface area (TPSA) is 50.3 Å². The van der Waals surface area contributed by atoms with Crippen LogP contribution in [0.15, 0.2) is 47.8 Å². The minimum atomic E-state index is -3.15. The van der Waals surface area contributed by atoms with E-state index in [-0.39, 0.29) is 17.6 Å². The van der Waals surface area contributed by atoms with Gasteiger partial charge in [-0.05, 0) is 44.0 Å². The second-order valence-electron chi connectivity index (χ2n) is 7.47. The first-order chi connectivity index (χ1) is 13.6. The van der Waals surface area contributed by atoms with Crippen molar-refractivity contribution in [2.24, 2.45) is 0 Å². The van der Waals surface area contributed by atoms with Gasteiger partial charge in [-0.15, -0.1) is 11.3 Å². The summed E-state index contributed by atoms with van der Waals surface area (Å²) < 4.78 is 37.9. The molecule has 0 radical (unpaired) electrons. The van der Waals surface area contributed by atoms with Gasteiger partial charge in [0.15, 0.2) is 9.84 Å². The molecule has 0 saturated carbocycles. The molecule has 0 unspecified atom stereocenters. The van der Waals surface area contributed by atoms with Crippen LogP contribution in [0.25, 0.3) is 0 Å². The van der Waals surface area contributed by atoms with Crippen molar-refractivity contribution < 1.29 is 12.8 Å². The van der Waals surface area contributed by atoms with Crippen molar-refractivity contribution in [2.45, 2.75) is 39.1 Å². The van der Waals surface area contributed by atoms with E-state index in [9.17, 15) is 12.8 Å². The first-order valence-electron chi connectivity index (χ1n) is 9.33. The van der Waals surface area contributed by atoms with Gasteiger partial charge < -0.3 is 4.90 Å². The van der Waals surface area contributed by atoms with Crippen LogP contribution in [0.4, 0.5) is 10.1 Å². The third-order valence-corrected chi connectivity index (χ3v) is 6.63. The Morgan fingerprint density at radius 1 is 1.10 bits per heavy atom. The molecule has 0 amide bonds. The number of benzene rings is 2. The van der Waals surface area contributed by atoms with Crippen LogP contribution >= 0.6 is 11.3 Å². The fourth-order valence-electron chi connectivity index (χ4n) is 3.19. The van der Waals surface area contributed by atoms with Crippen molar-refractivity contribution in [3.8, 4) is 0 Å². The molecule has 0 N–H and O–H groups in total. The fourth-order valence-corrected chi connectivity index (χ4v) is 5.18. The van der Waals surface area contributed by atoms with Crippen LogP contribution < -0.4 is 4.90 Å². The van der Waals surface area contributed by atoms with Crippen LogP contribution in [0.1, 0.15) is 40.4 Å². The lowest BCUT2D eigenvalue weighted by Gasteiger charge is -2.32. The van der Waals surface area contributed by atoms with Gasteiger partial charge in [0.05, 0.1) is 24.0 Å². The highest BCUT2D eigenvalue weighted by Crippen LogP contribution is 2.32. The number of hydrogen-bond donors (Lipinski definition) is 0. The predicted molar refractivity (Wildman–Crippen MR) is 118 cm³/mol. The van der Waals surface area contributed by atoms with Crippen LogP contribution in [0.5, 0.6) is 0 Å². The maximum absolute atomic E-state index is 14.8. The Labute approximate surface area is 176 Å². The summed E-state index contributed by atoms with van der Waals surface area (Å²) in [5.74, 6) is -0.370. The van der Waals surface area contributed by atoms with Crippen molar-refractivity contribution in [3.63, 3.8) is 0 Å². The quantitative estimate of drug-likeness (QED) is 0.514. The molecule has 0 aliphatic heterocycles. The Bertz CT molecular complexity index is 1090. The van der Waals surface area contributed by atoms with Crippen LogP contribution in [0, 0.1) is 19.7 Å². The van der Waals surface area contributed by atoms with E-state index in [0.29, 0.717) is 17.2 Å². The van der Waals surface area contributed by atoms with Crippen molar-refractivity contribution in [3.05, 3.63) is 81.1 Å². The molecule has 0 spiro atoms. The average Bonchev–Trinajstić information content (AvgIpc) is 3.07. The summed E-state index contributed by atoms with van der Waals surface area (Å²) in [6, 6.07) is 13.2. The van der Waals surface area contributed by atoms with E-state index in [2.05, 4.69) is 17.1 Å². The SMILES string of the molecule is Cc1ccc([C@H](C)N(Cc2csc(CS(C)(=O)=O)n2)c2cc(C)ccc2F)cc1. The summed E-state index contributed by atoms with van der Waals surface area (Å²) in [7, 11) is -3.15. The maximum Gasteiger partial charge on any atom is 0.153 e. The second kappa shape index (κ2) is 8.63. The smallest absolute Gasteiger partial charge is 0.153 e. The lowest BCUT2D eigenvalue weighted by molar-refractivity contribution is 0.591. The highest BCUT2D eigenvalue weighted by molar-refractivity contribution is 7.90. The molecule has 1 aromatic heterocycles. The third kappa shape index (κ3) is 5.64. The van der Waals surface area contributed by atoms with Crippen molar-refractivity contribution in [2.75, 3.05) is 11.2 Å². The van der Waals surface area contributed by atoms with Crippen LogP contribution in [-0.2, 0) is 22.1 Å². The molecule has 2 aromatic carbocycles. The number of aromatic nitrogens is 1. The molecule has 3 rings (SSSR count). The van der Waals surface area contributed by atoms with Gasteiger partial charge in [-0.25, -0.2) is 17.8 Å². The number of nitrogens with zero attached hydrogens (tertiary/aromatic N) is 2. The third-order valence-electron chi connectivity index (χ3n) is 4.76. The maximum atomic E-state index is 14.8. The highest BCUT2D eigenvalue weighted by Gasteiger charge is 2.21. The van der Waals surface area contributed by atoms with E-state index in [4.69, 9.17) is 0 Å². The number of halogens is 1. The van der Waals surface area contributed by atoms with Crippen molar-refractivity contribution in [1.29, 1.82) is 0 Å². The molecule has 0 saturated heterocycles. The predicted octanol–water partition coefficient (Wildman–Crippen LogP) is 5.21. The minimum Gasteiger partial charge on any atom is -0.356 e. The summed E-state index contributed by atoms with van der Waals surface area (Å²) in [5.41, 5.74) is 4.45. The van der Waals surface area contributed by atoms with E-state index in [1.165, 1.54) is 29.2 Å². The van der Waals surface area contributed by atoms with Gasteiger partial charge >= 0.3 is 0 Å². The van der Waals surface area contributed by atoms with Crippen LogP contribution in [0.2, 0.25) is 0 Å². The van der Waals surface area contributed by atoms with Gasteiger partial charge in [0, 0.05) is 11.6 Å². The lowest BCUT2D eigenvalue weighted by atomic mass is 10.0. The molecule has 3 aromatic rings. The molecule has 7 heteroatoms. The zero-order valence-corrected chi connectivity index (χ0v) is 18.6. The van der Waals surface area contributed by atoms with Crippen LogP contribution in [-0.4, -0.2) is 19.7 Å². The Morgan fingerprint density at radius 3 is 2.41 bits per heavy atom. The molecule has 154 valence electrons. The monoisotopic (exact) mass is 432 g/mol. The van der Waals surface area contributed by atoms with Gasteiger partial charge in [-0.2, -0.15) is 0 Å². The standard InChI is InChI=1S/C22H25FN2O2S2/c1-15-5-8-18(9-6-15)17(3)25(21-11-16(2)7-10-20(21)23)12-19-13-28-22(24-19)14-29(4,26)27/h5-11,13,17H,12,14H2,1-4H3/t17-/m0/s1. The number of rotatable bonds is 7. The molecule has 29 heavy (non-hydrogen) atoms. The number of hydrogen-bond acceptors (Lipinski definition) is 5. The Kier molecular flexibility index (Phi) is 6.39. The Morgan fingerprint density at radius 2 is 1.76 bits per heavy atom. The van der Waals surface area contributed by atoms with Crippen LogP contribution in [0.3, 0.4) is 0 Å². The van der Waals surface area contributed by atoms with Gasteiger partial charge in [-0.3, -0.25) is 0 Å². The van der Waals surface area contributed by atoms with E-state index in [1.807, 2.05) is 49.3 Å². The summed E-state index contributed by atoms with van der Waals surface area (Å²) >= 11 is 1.32. The van der Waals surface area contributed by atoms with E-state index >= 15 is 0 Å². The zero-order chi connectivity index (χ0) is 21.2. The van der Waals surface area contributed by atoms with Gasteiger partial charge in [0.25, 0.3) is 0 Å². The molecule has 0 aliphatic rings. The molecule has 1 atom stereocenters. The Hall–Kier alpha value is -2.25. The lowest BCUT2D eigenvalue weighted by Crippen LogP contribution is -2.27. The van der Waals surface area contributed by atoms with Gasteiger partial charge in [0.1, 0.15) is 16.6 Å². The van der Waals surface area contributed by atoms with Gasteiger partial charge in [0.2, 0.25) is 0 Å². The molecular formula is C22H25FN2O2S2. The first kappa shape index (κ1) is 21.5. The number of sulfone groups is 1. The number of aryl methyl sites for hydroxylation is 2. The number of anilines is 1. The Balaban J connectivity index is 1.97. The van der Waals surface area contributed by atoms with Crippen molar-refractivity contribution in [1.82, 2.24) is 4.98 Å². The largest absolute Gasteiger partial charge is 0.356 e. The molecule has 4 nitrogen and oxygen atoms in total. The fraction of sp³-hybridized carbons (Fsp3) is 0.318. The first-order valence-corrected chi connectivity index (χ1v) is 12.3. The average molecular weight is 433 g/mol. The molecule has 0 fully saturated rings. The normalized spacial score (nSPS) is 12.7. The second-order valence-corrected chi connectivity index (χ2v) is 10.6. The minimum absolute atomic E-state index is 0.0794. The van der Waals surface area contributed by atoms with E-state index < -0.39 is 9.84 Å². The van der Waals surface area contributed by atoms with Crippen molar-refractivity contribution >= 4 is 26.9 Å². The summed E-state index contributed by atoms with van der Waals surface area (Å²) in [6.07, 6.45) is 1.20. The van der Waals surface area contributed by atoms with E-state index in [0.717, 1.165) is 16.8 Å². The van der Waals surface area contributed by atoms with E-state index in [1.54, 1.807) is 6.07 Å². The zero-order valence-electron chi connectivity index (χ0n) is 17.0. The van der Waals surface area contributed by atoms with Gasteiger partial charge in [-0.1, -0.05) is 35.9 Å². The molecule has 0 bridgehead atoms. The number of thiazole rings is 1. The summed E-state index contributed by atoms with van der Waals surface area (Å²) in [4.78, 5) is 6.46. The summed E-state index contributed by atoms with van der Waals surface area (Å²) in [6.45, 7) is 6.39.